The van der Waals surface area contributed by atoms with E-state index < -0.39 is 18.0 Å². The minimum atomic E-state index is -0.757. The summed E-state index contributed by atoms with van der Waals surface area (Å²) in [6.07, 6.45) is 2.46. The number of amides is 3. The number of nitrogens with one attached hydrogen (secondary N) is 2. The number of benzene rings is 1. The molecule has 162 valence electrons. The van der Waals surface area contributed by atoms with Crippen LogP contribution in [0, 0.1) is 18.8 Å². The number of hydroxylamine groups is 2. The molecule has 1 rings (SSSR count). The lowest BCUT2D eigenvalue weighted by molar-refractivity contribution is -0.154. The zero-order chi connectivity index (χ0) is 22.0. The van der Waals surface area contributed by atoms with Crippen molar-refractivity contribution in [3.8, 4) is 5.75 Å². The Hall–Kier alpha value is -2.61. The predicted octanol–water partition coefficient (Wildman–Crippen LogP) is 3.37. The Morgan fingerprint density at radius 3 is 2.55 bits per heavy atom. The Balaban J connectivity index is 2.94. The Kier molecular flexibility index (Phi) is 10.2. The monoisotopic (exact) mass is 407 g/mol. The molecule has 0 aliphatic heterocycles. The number of carbonyl (C=O) groups is 3. The van der Waals surface area contributed by atoms with E-state index in [0.717, 1.165) is 18.4 Å². The number of unbranched alkanes of at least 4 members (excludes halogenated alkanes) is 1. The molecule has 0 aromatic heterocycles. The van der Waals surface area contributed by atoms with Gasteiger partial charge >= 0.3 is 6.03 Å². The van der Waals surface area contributed by atoms with Crippen LogP contribution in [0.4, 0.5) is 10.5 Å². The molecule has 0 bridgehead atoms. The van der Waals surface area contributed by atoms with Crippen LogP contribution in [-0.2, 0) is 9.59 Å². The van der Waals surface area contributed by atoms with E-state index in [1.165, 1.54) is 7.11 Å². The molecular weight excluding hydrogens is 374 g/mol. The molecule has 3 amide bonds. The largest absolute Gasteiger partial charge is 0.495 e. The summed E-state index contributed by atoms with van der Waals surface area (Å²) in [7, 11) is 1.51. The molecule has 3 N–H and O–H groups in total. The lowest BCUT2D eigenvalue weighted by Gasteiger charge is -2.27. The van der Waals surface area contributed by atoms with Crippen molar-refractivity contribution in [2.24, 2.45) is 11.8 Å². The second kappa shape index (κ2) is 12.1. The first kappa shape index (κ1) is 24.4. The summed E-state index contributed by atoms with van der Waals surface area (Å²) in [4.78, 5) is 36.4. The van der Waals surface area contributed by atoms with E-state index in [4.69, 9.17) is 4.74 Å². The van der Waals surface area contributed by atoms with Gasteiger partial charge in [-0.2, -0.15) is 0 Å². The summed E-state index contributed by atoms with van der Waals surface area (Å²) in [5.74, 6) is -0.423. The number of hydrogen-bond acceptors (Lipinski definition) is 5. The van der Waals surface area contributed by atoms with Gasteiger partial charge in [0.15, 0.2) is 5.78 Å². The Labute approximate surface area is 172 Å². The number of aryl methyl sites for hydroxylation is 1. The van der Waals surface area contributed by atoms with Gasteiger partial charge in [0, 0.05) is 5.92 Å². The molecule has 8 nitrogen and oxygen atoms in total. The number of methoxy groups -OCH3 is 1. The summed E-state index contributed by atoms with van der Waals surface area (Å²) in [5.41, 5.74) is 1.46. The molecule has 1 aromatic carbocycles. The summed E-state index contributed by atoms with van der Waals surface area (Å²) >= 11 is 0. The molecule has 0 unspecified atom stereocenters. The zero-order valence-electron chi connectivity index (χ0n) is 17.9. The summed E-state index contributed by atoms with van der Waals surface area (Å²) in [6.45, 7) is 7.47. The van der Waals surface area contributed by atoms with Crippen molar-refractivity contribution in [1.29, 1.82) is 0 Å². The third-order valence-corrected chi connectivity index (χ3v) is 4.70. The van der Waals surface area contributed by atoms with Crippen LogP contribution in [-0.4, -0.2) is 48.2 Å². The molecular formula is C21H33N3O5. The fourth-order valence-corrected chi connectivity index (χ4v) is 3.08. The highest BCUT2D eigenvalue weighted by Crippen LogP contribution is 2.25. The molecule has 0 aliphatic carbocycles. The van der Waals surface area contributed by atoms with E-state index in [1.54, 1.807) is 12.1 Å². The minimum Gasteiger partial charge on any atom is -0.495 e. The van der Waals surface area contributed by atoms with Crippen molar-refractivity contribution in [2.45, 2.75) is 53.0 Å². The standard InChI is InChI=1S/C21H33N3O5/c1-6-7-8-16(12-24(28)13-25)20(26)19(14(2)3)23-21(27)22-17-11-15(4)9-10-18(17)29-5/h9-11,13-14,16,19,28H,6-8,12H2,1-5H3,(H2,22,23,27)/t16-,19+/m1/s1. The van der Waals surface area contributed by atoms with E-state index in [1.807, 2.05) is 33.8 Å². The van der Waals surface area contributed by atoms with Crippen molar-refractivity contribution >= 4 is 23.9 Å². The fourth-order valence-electron chi connectivity index (χ4n) is 3.08. The first-order valence-electron chi connectivity index (χ1n) is 9.90. The average molecular weight is 408 g/mol. The SMILES string of the molecule is CCCC[C@H](CN(O)C=O)C(=O)[C@@H](NC(=O)Nc1cc(C)ccc1OC)C(C)C. The van der Waals surface area contributed by atoms with Crippen LogP contribution in [0.1, 0.15) is 45.6 Å². The first-order valence-corrected chi connectivity index (χ1v) is 9.90. The van der Waals surface area contributed by atoms with Crippen molar-refractivity contribution in [2.75, 3.05) is 19.0 Å². The van der Waals surface area contributed by atoms with Gasteiger partial charge in [-0.3, -0.25) is 14.8 Å². The van der Waals surface area contributed by atoms with Gasteiger partial charge in [-0.05, 0) is 37.0 Å². The van der Waals surface area contributed by atoms with E-state index in [9.17, 15) is 19.6 Å². The average Bonchev–Trinajstić information content (AvgIpc) is 2.68. The molecule has 8 heteroatoms. The van der Waals surface area contributed by atoms with E-state index in [2.05, 4.69) is 10.6 Å². The minimum absolute atomic E-state index is 0.0967. The second-order valence-corrected chi connectivity index (χ2v) is 7.49. The predicted molar refractivity (Wildman–Crippen MR) is 111 cm³/mol. The molecule has 29 heavy (non-hydrogen) atoms. The van der Waals surface area contributed by atoms with E-state index >= 15 is 0 Å². The molecule has 2 atom stereocenters. The van der Waals surface area contributed by atoms with Gasteiger partial charge in [0.2, 0.25) is 6.41 Å². The van der Waals surface area contributed by atoms with Gasteiger partial charge in [-0.1, -0.05) is 39.7 Å². The maximum Gasteiger partial charge on any atom is 0.319 e. The Bertz CT molecular complexity index is 693. The van der Waals surface area contributed by atoms with Crippen molar-refractivity contribution < 1.29 is 24.3 Å². The lowest BCUT2D eigenvalue weighted by Crippen LogP contribution is -2.50. The second-order valence-electron chi connectivity index (χ2n) is 7.49. The smallest absolute Gasteiger partial charge is 0.319 e. The van der Waals surface area contributed by atoms with Crippen LogP contribution in [0.25, 0.3) is 0 Å². The lowest BCUT2D eigenvalue weighted by atomic mass is 9.87. The molecule has 0 saturated heterocycles. The van der Waals surface area contributed by atoms with E-state index in [0.29, 0.717) is 22.9 Å². The van der Waals surface area contributed by atoms with Gasteiger partial charge in [0.25, 0.3) is 0 Å². The third-order valence-electron chi connectivity index (χ3n) is 4.70. The van der Waals surface area contributed by atoms with Gasteiger partial charge in [-0.15, -0.1) is 0 Å². The topological polar surface area (TPSA) is 108 Å². The van der Waals surface area contributed by atoms with Crippen molar-refractivity contribution in [3.05, 3.63) is 23.8 Å². The van der Waals surface area contributed by atoms with Crippen LogP contribution in [0.2, 0.25) is 0 Å². The Morgan fingerprint density at radius 1 is 1.31 bits per heavy atom. The molecule has 0 fully saturated rings. The zero-order valence-corrected chi connectivity index (χ0v) is 17.9. The van der Waals surface area contributed by atoms with Crippen LogP contribution in [0.5, 0.6) is 5.75 Å². The number of nitrogens with zero attached hydrogens (tertiary/aromatic N) is 1. The number of anilines is 1. The molecule has 0 spiro atoms. The number of ketones is 1. The van der Waals surface area contributed by atoms with Gasteiger partial charge in [-0.25, -0.2) is 9.86 Å². The van der Waals surface area contributed by atoms with Crippen molar-refractivity contribution in [1.82, 2.24) is 10.4 Å². The molecule has 0 heterocycles. The number of hydrogen-bond donors (Lipinski definition) is 3. The van der Waals surface area contributed by atoms with Crippen LogP contribution >= 0.6 is 0 Å². The number of urea groups is 1. The highest BCUT2D eigenvalue weighted by atomic mass is 16.5. The molecule has 0 saturated carbocycles. The van der Waals surface area contributed by atoms with Gasteiger partial charge < -0.3 is 15.4 Å². The number of rotatable bonds is 12. The van der Waals surface area contributed by atoms with E-state index in [-0.39, 0.29) is 24.7 Å². The van der Waals surface area contributed by atoms with Gasteiger partial charge in [0.05, 0.1) is 25.4 Å². The number of carbonyl (C=O) groups excluding carboxylic acids is 3. The van der Waals surface area contributed by atoms with Crippen LogP contribution in [0.15, 0.2) is 18.2 Å². The fraction of sp³-hybridized carbons (Fsp3) is 0.571. The first-order chi connectivity index (χ1) is 13.7. The molecule has 1 aromatic rings. The summed E-state index contributed by atoms with van der Waals surface area (Å²) < 4.78 is 5.26. The van der Waals surface area contributed by atoms with Crippen LogP contribution < -0.4 is 15.4 Å². The quantitative estimate of drug-likeness (QED) is 0.280. The summed E-state index contributed by atoms with van der Waals surface area (Å²) in [6, 6.07) is 4.13. The summed E-state index contributed by atoms with van der Waals surface area (Å²) in [5, 5.41) is 15.5. The van der Waals surface area contributed by atoms with Gasteiger partial charge in [0.1, 0.15) is 5.75 Å². The Morgan fingerprint density at radius 2 is 2.00 bits per heavy atom. The highest BCUT2D eigenvalue weighted by molar-refractivity contribution is 5.96. The number of ether oxygens (including phenoxy) is 1. The normalized spacial score (nSPS) is 12.8. The highest BCUT2D eigenvalue weighted by Gasteiger charge is 2.31. The maximum atomic E-state index is 13.1. The maximum absolute atomic E-state index is 13.1. The molecule has 0 aliphatic rings. The molecule has 0 radical (unpaired) electrons. The number of Topliss-reactive ketones (excluding diaryl/α,β-unsaturated/α-hetero) is 1. The third kappa shape index (κ3) is 7.73. The van der Waals surface area contributed by atoms with Crippen molar-refractivity contribution in [3.63, 3.8) is 0 Å². The van der Waals surface area contributed by atoms with Crippen LogP contribution in [0.3, 0.4) is 0 Å².